The average molecular weight is 539 g/mol. The molecule has 9 nitrogen and oxygen atoms in total. The molecule has 1 aliphatic rings. The van der Waals surface area contributed by atoms with Crippen molar-refractivity contribution >= 4 is 40.8 Å². The van der Waals surface area contributed by atoms with Gasteiger partial charge in [-0.1, -0.05) is 54.6 Å². The van der Waals surface area contributed by atoms with Gasteiger partial charge < -0.3 is 9.15 Å². The number of thioether (sulfide) groups is 1. The fourth-order valence-electron chi connectivity index (χ4n) is 3.73. The number of carbonyl (C=O) groups excluding carboxylic acids is 1. The molecule has 0 radical (unpaired) electrons. The van der Waals surface area contributed by atoms with Crippen molar-refractivity contribution < 1.29 is 18.9 Å². The zero-order valence-corrected chi connectivity index (χ0v) is 21.4. The van der Waals surface area contributed by atoms with E-state index in [-0.39, 0.29) is 18.1 Å². The summed E-state index contributed by atoms with van der Waals surface area (Å²) < 4.78 is 11.3. The number of ether oxygens (including phenoxy) is 1. The van der Waals surface area contributed by atoms with Crippen LogP contribution in [-0.4, -0.2) is 27.1 Å². The fourth-order valence-corrected chi connectivity index (χ4v) is 4.67. The zero-order valence-electron chi connectivity index (χ0n) is 20.5. The Morgan fingerprint density at radius 1 is 0.974 bits per heavy atom. The highest BCUT2D eigenvalue weighted by atomic mass is 32.2. The Kier molecular flexibility index (Phi) is 7.94. The lowest BCUT2D eigenvalue weighted by Crippen LogP contribution is -2.28. The number of carbonyl (C=O) groups is 1. The minimum absolute atomic E-state index is 0.0549. The highest BCUT2D eigenvalue weighted by Crippen LogP contribution is 2.34. The molecule has 1 aliphatic heterocycles. The molecular weight excluding hydrogens is 516 g/mol. The van der Waals surface area contributed by atoms with Gasteiger partial charge in [-0.05, 0) is 58.8 Å². The topological polar surface area (TPSA) is 111 Å². The van der Waals surface area contributed by atoms with Gasteiger partial charge >= 0.3 is 0 Å². The molecule has 0 unspecified atom stereocenters. The van der Waals surface area contributed by atoms with Gasteiger partial charge in [0.1, 0.15) is 18.1 Å². The molecule has 194 valence electrons. The summed E-state index contributed by atoms with van der Waals surface area (Å²) in [5.41, 5.74) is 2.33. The van der Waals surface area contributed by atoms with E-state index >= 15 is 0 Å². The number of furan rings is 1. The molecule has 10 heteroatoms. The molecule has 1 fully saturated rings. The molecule has 39 heavy (non-hydrogen) atoms. The van der Waals surface area contributed by atoms with Crippen LogP contribution in [0.5, 0.6) is 5.75 Å². The van der Waals surface area contributed by atoms with E-state index in [2.05, 4.69) is 10.2 Å². The van der Waals surface area contributed by atoms with Crippen LogP contribution in [-0.2, 0) is 17.9 Å². The van der Waals surface area contributed by atoms with E-state index in [4.69, 9.17) is 9.15 Å². The van der Waals surface area contributed by atoms with Crippen LogP contribution in [0.3, 0.4) is 0 Å². The second-order valence-corrected chi connectivity index (χ2v) is 9.42. The molecule has 0 spiro atoms. The van der Waals surface area contributed by atoms with Crippen LogP contribution in [0, 0.1) is 10.1 Å². The third kappa shape index (κ3) is 6.68. The van der Waals surface area contributed by atoms with Crippen LogP contribution in [0.25, 0.3) is 6.08 Å². The summed E-state index contributed by atoms with van der Waals surface area (Å²) in [7, 11) is 0. The minimum Gasteiger partial charge on any atom is -0.489 e. The molecule has 0 bridgehead atoms. The van der Waals surface area contributed by atoms with Gasteiger partial charge in [-0.15, -0.1) is 5.10 Å². The second-order valence-electron chi connectivity index (χ2n) is 8.41. The molecule has 1 saturated heterocycles. The van der Waals surface area contributed by atoms with Crippen molar-refractivity contribution in [2.75, 3.05) is 0 Å². The normalized spacial score (nSPS) is 15.5. The number of nitrogens with zero attached hydrogens (tertiary/aromatic N) is 4. The summed E-state index contributed by atoms with van der Waals surface area (Å²) in [5.74, 6) is 0.983. The number of non-ortho nitro benzene ring substituents is 1. The molecule has 3 aromatic carbocycles. The number of amidine groups is 1. The van der Waals surface area contributed by atoms with Crippen molar-refractivity contribution in [1.82, 2.24) is 4.90 Å². The van der Waals surface area contributed by atoms with Gasteiger partial charge in [0, 0.05) is 12.1 Å². The minimum atomic E-state index is -0.474. The Bertz CT molecular complexity index is 1570. The first kappa shape index (κ1) is 25.7. The van der Waals surface area contributed by atoms with Crippen LogP contribution in [0.15, 0.2) is 117 Å². The van der Waals surface area contributed by atoms with Gasteiger partial charge in [-0.25, -0.2) is 0 Å². The highest BCUT2D eigenvalue weighted by Gasteiger charge is 2.34. The smallest absolute Gasteiger partial charge is 0.270 e. The second kappa shape index (κ2) is 12.1. The van der Waals surface area contributed by atoms with Crippen molar-refractivity contribution in [2.24, 2.45) is 10.2 Å². The molecule has 0 N–H and O–H groups in total. The lowest BCUT2D eigenvalue weighted by molar-refractivity contribution is -0.384. The monoisotopic (exact) mass is 538 g/mol. The van der Waals surface area contributed by atoms with Gasteiger partial charge in [0.2, 0.25) is 0 Å². The van der Waals surface area contributed by atoms with Gasteiger partial charge in [-0.3, -0.25) is 19.8 Å². The Morgan fingerprint density at radius 2 is 1.79 bits per heavy atom. The van der Waals surface area contributed by atoms with E-state index in [9.17, 15) is 14.9 Å². The maximum atomic E-state index is 13.2. The number of hydrogen-bond acceptors (Lipinski definition) is 8. The van der Waals surface area contributed by atoms with Crippen molar-refractivity contribution in [2.45, 2.75) is 13.2 Å². The van der Waals surface area contributed by atoms with Crippen molar-refractivity contribution in [3.63, 3.8) is 0 Å². The van der Waals surface area contributed by atoms with Crippen LogP contribution in [0.4, 0.5) is 5.69 Å². The average Bonchev–Trinajstić information content (AvgIpc) is 3.57. The summed E-state index contributed by atoms with van der Waals surface area (Å²) in [6, 6.07) is 26.9. The number of nitro benzene ring substituents is 1. The predicted molar refractivity (Wildman–Crippen MR) is 150 cm³/mol. The first-order chi connectivity index (χ1) is 19.0. The summed E-state index contributed by atoms with van der Waals surface area (Å²) in [5, 5.41) is 20.0. The summed E-state index contributed by atoms with van der Waals surface area (Å²) in [4.78, 5) is 25.7. The third-order valence-corrected chi connectivity index (χ3v) is 6.61. The number of benzene rings is 3. The van der Waals surface area contributed by atoms with Gasteiger partial charge in [-0.2, -0.15) is 5.10 Å². The standard InChI is InChI=1S/C29H22N4O5S/c34-28-27(17-22-9-4-11-24(15-22)33(35)36)39-29(32(28)19-26-13-6-14-37-26)31-30-18-23-10-5-12-25(16-23)38-20-21-7-2-1-3-8-21/h1-18H,19-20H2/b27-17-,30-18+,31-29-. The van der Waals surface area contributed by atoms with Gasteiger partial charge in [0.25, 0.3) is 11.6 Å². The fraction of sp³-hybridized carbons (Fsp3) is 0.0690. The maximum absolute atomic E-state index is 13.2. The van der Waals surface area contributed by atoms with Gasteiger partial charge in [0.05, 0.1) is 28.9 Å². The zero-order chi connectivity index (χ0) is 27.0. The summed E-state index contributed by atoms with van der Waals surface area (Å²) in [6.45, 7) is 0.617. The Labute approximate surface area is 228 Å². The predicted octanol–water partition coefficient (Wildman–Crippen LogP) is 6.27. The first-order valence-electron chi connectivity index (χ1n) is 11.9. The number of nitro groups is 1. The molecular formula is C29H22N4O5S. The van der Waals surface area contributed by atoms with E-state index in [0.29, 0.717) is 33.8 Å². The Hall–Kier alpha value is -4.96. The summed E-state index contributed by atoms with van der Waals surface area (Å²) >= 11 is 1.14. The number of amides is 1. The lowest BCUT2D eigenvalue weighted by atomic mass is 10.2. The Morgan fingerprint density at radius 3 is 2.59 bits per heavy atom. The van der Waals surface area contributed by atoms with Crippen LogP contribution < -0.4 is 4.74 Å². The van der Waals surface area contributed by atoms with E-state index in [1.165, 1.54) is 23.3 Å². The van der Waals surface area contributed by atoms with Gasteiger partial charge in [0.15, 0.2) is 5.17 Å². The first-order valence-corrected chi connectivity index (χ1v) is 12.7. The molecule has 1 aromatic heterocycles. The van der Waals surface area contributed by atoms with E-state index in [1.807, 2.05) is 54.6 Å². The quantitative estimate of drug-likeness (QED) is 0.107. The highest BCUT2D eigenvalue weighted by molar-refractivity contribution is 8.18. The molecule has 0 atom stereocenters. The lowest BCUT2D eigenvalue weighted by Gasteiger charge is -2.12. The van der Waals surface area contributed by atoms with E-state index in [1.54, 1.807) is 36.6 Å². The molecule has 5 rings (SSSR count). The van der Waals surface area contributed by atoms with Crippen molar-refractivity contribution in [3.05, 3.63) is 135 Å². The maximum Gasteiger partial charge on any atom is 0.270 e. The van der Waals surface area contributed by atoms with Crippen LogP contribution in [0.1, 0.15) is 22.5 Å². The molecule has 4 aromatic rings. The van der Waals surface area contributed by atoms with Crippen molar-refractivity contribution in [3.8, 4) is 5.75 Å². The summed E-state index contributed by atoms with van der Waals surface area (Å²) in [6.07, 6.45) is 4.72. The molecule has 0 aliphatic carbocycles. The SMILES string of the molecule is O=C1/C(=C/c2cccc([N+](=O)[O-])c2)S/C(=N\N=C\c2cccc(OCc3ccccc3)c2)N1Cc1ccco1. The Balaban J connectivity index is 1.35. The molecule has 2 heterocycles. The third-order valence-electron chi connectivity index (χ3n) is 5.62. The number of rotatable bonds is 9. The molecule has 1 amide bonds. The van der Waals surface area contributed by atoms with E-state index in [0.717, 1.165) is 22.9 Å². The van der Waals surface area contributed by atoms with E-state index < -0.39 is 4.92 Å². The van der Waals surface area contributed by atoms with Crippen molar-refractivity contribution in [1.29, 1.82) is 0 Å². The number of hydrogen-bond donors (Lipinski definition) is 0. The molecule has 0 saturated carbocycles. The largest absolute Gasteiger partial charge is 0.489 e. The van der Waals surface area contributed by atoms with Crippen LogP contribution in [0.2, 0.25) is 0 Å². The van der Waals surface area contributed by atoms with Crippen LogP contribution >= 0.6 is 11.8 Å².